The van der Waals surface area contributed by atoms with Crippen LogP contribution in [0.2, 0.25) is 0 Å². The highest BCUT2D eigenvalue weighted by atomic mass is 32.1. The minimum absolute atomic E-state index is 0.0374. The van der Waals surface area contributed by atoms with Gasteiger partial charge in [-0.05, 0) is 13.1 Å². The lowest BCUT2D eigenvalue weighted by atomic mass is 9.91. The van der Waals surface area contributed by atoms with Gasteiger partial charge in [-0.3, -0.25) is 0 Å². The molecular formula is C13H18N4S. The summed E-state index contributed by atoms with van der Waals surface area (Å²) in [4.78, 5) is 14.5. The molecule has 0 radical (unpaired) electrons. The molecule has 2 aromatic heterocycles. The fraction of sp³-hybridized carbons (Fsp3) is 0.462. The SMILES string of the molecule is CNCc1sc(-c2ncccn2)nc1C(C)(C)C. The van der Waals surface area contributed by atoms with Crippen LogP contribution in [0.25, 0.3) is 10.8 Å². The minimum atomic E-state index is 0.0374. The van der Waals surface area contributed by atoms with Gasteiger partial charge in [-0.2, -0.15) is 0 Å². The normalized spacial score (nSPS) is 11.8. The van der Waals surface area contributed by atoms with Gasteiger partial charge >= 0.3 is 0 Å². The topological polar surface area (TPSA) is 50.7 Å². The van der Waals surface area contributed by atoms with Crippen molar-refractivity contribution in [2.75, 3.05) is 7.05 Å². The molecular weight excluding hydrogens is 244 g/mol. The third kappa shape index (κ3) is 2.73. The standard InChI is InChI=1S/C13H18N4S/c1-13(2,3)10-9(8-14-4)18-12(17-10)11-15-6-5-7-16-11/h5-7,14H,8H2,1-4H3. The van der Waals surface area contributed by atoms with Gasteiger partial charge in [-0.15, -0.1) is 11.3 Å². The molecule has 2 heterocycles. The Bertz CT molecular complexity index is 514. The van der Waals surface area contributed by atoms with E-state index in [4.69, 9.17) is 4.98 Å². The van der Waals surface area contributed by atoms with Crippen molar-refractivity contribution >= 4 is 11.3 Å². The Hall–Kier alpha value is -1.33. The lowest BCUT2D eigenvalue weighted by Gasteiger charge is -2.17. The van der Waals surface area contributed by atoms with E-state index in [1.165, 1.54) is 4.88 Å². The zero-order chi connectivity index (χ0) is 13.2. The third-order valence-electron chi connectivity index (χ3n) is 2.50. The second kappa shape index (κ2) is 5.12. The first-order valence-electron chi connectivity index (χ1n) is 5.94. The van der Waals surface area contributed by atoms with E-state index in [1.54, 1.807) is 23.7 Å². The molecule has 0 saturated heterocycles. The van der Waals surface area contributed by atoms with Crippen LogP contribution in [-0.4, -0.2) is 22.0 Å². The highest BCUT2D eigenvalue weighted by molar-refractivity contribution is 7.15. The molecule has 0 aliphatic heterocycles. The number of nitrogens with zero attached hydrogens (tertiary/aromatic N) is 3. The van der Waals surface area contributed by atoms with Crippen LogP contribution >= 0.6 is 11.3 Å². The fourth-order valence-electron chi connectivity index (χ4n) is 1.72. The molecule has 0 unspecified atom stereocenters. The van der Waals surface area contributed by atoms with Gasteiger partial charge in [-0.25, -0.2) is 15.0 Å². The van der Waals surface area contributed by atoms with Crippen LogP contribution in [0, 0.1) is 0 Å². The summed E-state index contributed by atoms with van der Waals surface area (Å²) in [6, 6.07) is 1.82. The predicted molar refractivity (Wildman–Crippen MR) is 74.6 cm³/mol. The van der Waals surface area contributed by atoms with Gasteiger partial charge in [0.05, 0.1) is 5.69 Å². The Morgan fingerprint density at radius 2 is 1.89 bits per heavy atom. The first-order chi connectivity index (χ1) is 8.52. The quantitative estimate of drug-likeness (QED) is 0.924. The van der Waals surface area contributed by atoms with Crippen molar-refractivity contribution in [2.24, 2.45) is 0 Å². The summed E-state index contributed by atoms with van der Waals surface area (Å²) in [6.07, 6.45) is 3.50. The molecule has 0 aliphatic rings. The monoisotopic (exact) mass is 262 g/mol. The molecule has 1 N–H and O–H groups in total. The lowest BCUT2D eigenvalue weighted by molar-refractivity contribution is 0.563. The van der Waals surface area contributed by atoms with Crippen LogP contribution in [0.4, 0.5) is 0 Å². The van der Waals surface area contributed by atoms with Gasteiger partial charge in [0.2, 0.25) is 0 Å². The van der Waals surface area contributed by atoms with E-state index >= 15 is 0 Å². The highest BCUT2D eigenvalue weighted by Gasteiger charge is 2.23. The molecule has 0 aromatic carbocycles. The average molecular weight is 262 g/mol. The summed E-state index contributed by atoms with van der Waals surface area (Å²) in [5.41, 5.74) is 1.17. The fourth-order valence-corrected chi connectivity index (χ4v) is 2.96. The van der Waals surface area contributed by atoms with Crippen molar-refractivity contribution in [3.8, 4) is 10.8 Å². The van der Waals surface area contributed by atoms with E-state index in [9.17, 15) is 0 Å². The number of rotatable bonds is 3. The van der Waals surface area contributed by atoms with Gasteiger partial charge in [0, 0.05) is 29.2 Å². The summed E-state index contributed by atoms with van der Waals surface area (Å²) >= 11 is 1.67. The first-order valence-corrected chi connectivity index (χ1v) is 6.76. The van der Waals surface area contributed by atoms with E-state index < -0.39 is 0 Å². The zero-order valence-corrected chi connectivity index (χ0v) is 12.0. The van der Waals surface area contributed by atoms with Gasteiger partial charge in [0.25, 0.3) is 0 Å². The number of hydrogen-bond acceptors (Lipinski definition) is 5. The Morgan fingerprint density at radius 3 is 2.44 bits per heavy atom. The highest BCUT2D eigenvalue weighted by Crippen LogP contribution is 2.32. The predicted octanol–water partition coefficient (Wildman–Crippen LogP) is 2.62. The molecule has 0 aliphatic carbocycles. The van der Waals surface area contributed by atoms with Crippen molar-refractivity contribution in [3.05, 3.63) is 29.0 Å². The number of thiazole rings is 1. The van der Waals surface area contributed by atoms with Crippen LogP contribution in [0.1, 0.15) is 31.3 Å². The molecule has 0 atom stereocenters. The van der Waals surface area contributed by atoms with Crippen molar-refractivity contribution < 1.29 is 0 Å². The summed E-state index contributed by atoms with van der Waals surface area (Å²) in [6.45, 7) is 7.36. The van der Waals surface area contributed by atoms with Crippen LogP contribution in [0.15, 0.2) is 18.5 Å². The number of aromatic nitrogens is 3. The van der Waals surface area contributed by atoms with E-state index in [2.05, 4.69) is 36.1 Å². The second-order valence-electron chi connectivity index (χ2n) is 5.14. The number of hydrogen-bond donors (Lipinski definition) is 1. The molecule has 0 spiro atoms. The van der Waals surface area contributed by atoms with Crippen LogP contribution in [-0.2, 0) is 12.0 Å². The Labute approximate surface area is 112 Å². The van der Waals surface area contributed by atoms with E-state index in [0.717, 1.165) is 17.2 Å². The van der Waals surface area contributed by atoms with Crippen LogP contribution < -0.4 is 5.32 Å². The van der Waals surface area contributed by atoms with E-state index in [1.807, 2.05) is 13.1 Å². The van der Waals surface area contributed by atoms with Gasteiger partial charge in [0.1, 0.15) is 0 Å². The maximum absolute atomic E-state index is 4.72. The number of nitrogens with one attached hydrogen (secondary N) is 1. The Kier molecular flexibility index (Phi) is 3.73. The molecule has 2 rings (SSSR count). The summed E-state index contributed by atoms with van der Waals surface area (Å²) in [7, 11) is 1.95. The van der Waals surface area contributed by atoms with Crippen LogP contribution in [0.5, 0.6) is 0 Å². The average Bonchev–Trinajstić information content (AvgIpc) is 2.75. The summed E-state index contributed by atoms with van der Waals surface area (Å²) < 4.78 is 0. The molecule has 5 heteroatoms. The molecule has 0 fully saturated rings. The molecule has 0 amide bonds. The minimum Gasteiger partial charge on any atom is -0.315 e. The molecule has 2 aromatic rings. The van der Waals surface area contributed by atoms with Crippen molar-refractivity contribution in [3.63, 3.8) is 0 Å². The third-order valence-corrected chi connectivity index (χ3v) is 3.55. The largest absolute Gasteiger partial charge is 0.315 e. The van der Waals surface area contributed by atoms with Crippen molar-refractivity contribution in [1.29, 1.82) is 0 Å². The van der Waals surface area contributed by atoms with Crippen molar-refractivity contribution in [1.82, 2.24) is 20.3 Å². The van der Waals surface area contributed by atoms with Crippen molar-refractivity contribution in [2.45, 2.75) is 32.7 Å². The zero-order valence-electron chi connectivity index (χ0n) is 11.2. The van der Waals surface area contributed by atoms with E-state index in [0.29, 0.717) is 5.82 Å². The molecule has 0 saturated carbocycles. The first kappa shape index (κ1) is 13.1. The second-order valence-corrected chi connectivity index (χ2v) is 6.23. The molecule has 18 heavy (non-hydrogen) atoms. The summed E-state index contributed by atoms with van der Waals surface area (Å²) in [5, 5.41) is 4.09. The van der Waals surface area contributed by atoms with Crippen LogP contribution in [0.3, 0.4) is 0 Å². The molecule has 96 valence electrons. The van der Waals surface area contributed by atoms with E-state index in [-0.39, 0.29) is 5.41 Å². The van der Waals surface area contributed by atoms with Gasteiger partial charge in [0.15, 0.2) is 10.8 Å². The smallest absolute Gasteiger partial charge is 0.188 e. The Balaban J connectivity index is 2.46. The maximum atomic E-state index is 4.72. The summed E-state index contributed by atoms with van der Waals surface area (Å²) in [5.74, 6) is 0.704. The Morgan fingerprint density at radius 1 is 1.22 bits per heavy atom. The molecule has 4 nitrogen and oxygen atoms in total. The van der Waals surface area contributed by atoms with Gasteiger partial charge < -0.3 is 5.32 Å². The van der Waals surface area contributed by atoms with Gasteiger partial charge in [-0.1, -0.05) is 20.8 Å². The maximum Gasteiger partial charge on any atom is 0.188 e. The molecule has 0 bridgehead atoms. The lowest BCUT2D eigenvalue weighted by Crippen LogP contribution is -2.16.